The van der Waals surface area contributed by atoms with Crippen LogP contribution in [0.1, 0.15) is 57.2 Å². The Labute approximate surface area is 231 Å². The number of ether oxygens (including phenoxy) is 1. The van der Waals surface area contributed by atoms with Gasteiger partial charge in [-0.3, -0.25) is 0 Å². The lowest BCUT2D eigenvalue weighted by Crippen LogP contribution is -2.76. The van der Waals surface area contributed by atoms with Gasteiger partial charge in [-0.15, -0.1) is 0 Å². The summed E-state index contributed by atoms with van der Waals surface area (Å²) in [6.07, 6.45) is -1.89. The third kappa shape index (κ3) is 11.3. The molecular weight excluding hydrogens is 538 g/mol. The number of alkyl halides is 6. The summed E-state index contributed by atoms with van der Waals surface area (Å²) in [6.45, 7) is 13.2. The van der Waals surface area contributed by atoms with E-state index in [-0.39, 0.29) is 5.75 Å². The van der Waals surface area contributed by atoms with Crippen LogP contribution >= 0.6 is 0 Å². The molecule has 0 amide bonds. The van der Waals surface area contributed by atoms with E-state index in [0.717, 1.165) is 12.6 Å². The van der Waals surface area contributed by atoms with Crippen molar-refractivity contribution >= 4 is 17.7 Å². The van der Waals surface area contributed by atoms with Crippen LogP contribution in [0.25, 0.3) is 0 Å². The number of aldehydes is 1. The first-order valence-electron chi connectivity index (χ1n) is 12.3. The van der Waals surface area contributed by atoms with E-state index in [4.69, 9.17) is 4.74 Å². The van der Waals surface area contributed by atoms with Crippen molar-refractivity contribution in [3.05, 3.63) is 83.5 Å². The van der Waals surface area contributed by atoms with E-state index >= 15 is 0 Å². The number of carbonyl (C=O) groups is 1. The highest BCUT2D eigenvalue weighted by molar-refractivity contribution is 5.69. The minimum atomic E-state index is -5.13. The summed E-state index contributed by atoms with van der Waals surface area (Å²) in [5.74, 6) is -2.33. The van der Waals surface area contributed by atoms with E-state index in [1.807, 2.05) is 32.9 Å². The zero-order chi connectivity index (χ0) is 31.1. The average molecular weight is 576 g/mol. The highest BCUT2D eigenvalue weighted by Gasteiger charge is 2.43. The first kappa shape index (κ1) is 36.4. The number of hydrogen-bond donors (Lipinski definition) is 2. The second kappa shape index (κ2) is 17.2. The fraction of sp³-hybridized carbons (Fsp3) is 0.345. The molecule has 0 saturated heterocycles. The standard InChI is InChI=1S/C19H18F6N2O3.C8H12.C2H6/c1-10(9-28)13-8-12(4-5-16(13)26-2)30-17-14(18(20,21)22)6-11(27-29-3)7-15(17)19(23,24)25;1-4-6-7-8(3)5-2;1-2/h4-10,26-27H,1-3H3;4-7H,1H2,2-3H3;1-2H3/p+1/b;7-6-,8-5-;. The average Bonchev–Trinajstić information content (AvgIpc) is 2.92. The Balaban J connectivity index is 0.00000130. The molecule has 0 aliphatic heterocycles. The lowest BCUT2D eigenvalue weighted by atomic mass is 10.00. The highest BCUT2D eigenvalue weighted by atomic mass is 19.4. The molecule has 0 fully saturated rings. The fourth-order valence-corrected chi connectivity index (χ4v) is 3.10. The molecule has 0 saturated carbocycles. The van der Waals surface area contributed by atoms with Crippen molar-refractivity contribution in [2.75, 3.05) is 19.5 Å². The van der Waals surface area contributed by atoms with Crippen LogP contribution in [-0.2, 0) is 22.0 Å². The van der Waals surface area contributed by atoms with Crippen LogP contribution in [-0.4, -0.2) is 20.4 Å². The molecule has 3 N–H and O–H groups in total. The number of carbonyl (C=O) groups excluding carboxylic acids is 1. The number of allylic oxidation sites excluding steroid dienone is 5. The molecule has 0 heterocycles. The number of nitrogens with one attached hydrogen (secondary N) is 1. The Kier molecular flexibility index (Phi) is 15.7. The van der Waals surface area contributed by atoms with E-state index in [2.05, 4.69) is 29.7 Å². The molecule has 40 heavy (non-hydrogen) atoms. The first-order chi connectivity index (χ1) is 18.7. The van der Waals surface area contributed by atoms with Crippen molar-refractivity contribution in [3.8, 4) is 11.5 Å². The van der Waals surface area contributed by atoms with Gasteiger partial charge in [0.05, 0.1) is 7.11 Å². The largest absolute Gasteiger partial charge is 0.456 e. The normalized spacial score (nSPS) is 12.5. The van der Waals surface area contributed by atoms with Gasteiger partial charge >= 0.3 is 12.4 Å². The minimum absolute atomic E-state index is 0.280. The van der Waals surface area contributed by atoms with Gasteiger partial charge in [0.2, 0.25) is 0 Å². The zero-order valence-electron chi connectivity index (χ0n) is 23.6. The van der Waals surface area contributed by atoms with E-state index < -0.39 is 40.8 Å². The molecule has 0 spiro atoms. The predicted molar refractivity (Wildman–Crippen MR) is 146 cm³/mol. The molecule has 0 aliphatic rings. The van der Waals surface area contributed by atoms with Gasteiger partial charge in [-0.25, -0.2) is 4.84 Å². The first-order valence-corrected chi connectivity index (χ1v) is 12.3. The van der Waals surface area contributed by atoms with Gasteiger partial charge in [0, 0.05) is 30.8 Å². The van der Waals surface area contributed by atoms with Crippen LogP contribution in [0.2, 0.25) is 0 Å². The number of nitrogens with two attached hydrogens (primary N) is 1. The van der Waals surface area contributed by atoms with Crippen LogP contribution < -0.4 is 15.5 Å². The van der Waals surface area contributed by atoms with Crippen LogP contribution in [0.15, 0.2) is 66.8 Å². The molecule has 2 aromatic rings. The zero-order valence-corrected chi connectivity index (χ0v) is 23.6. The van der Waals surface area contributed by atoms with Crippen molar-refractivity contribution in [1.29, 1.82) is 0 Å². The summed E-state index contributed by atoms with van der Waals surface area (Å²) < 4.78 is 86.5. The maximum absolute atomic E-state index is 13.6. The van der Waals surface area contributed by atoms with Gasteiger partial charge in [0.15, 0.2) is 11.4 Å². The number of hydrogen-bond acceptors (Lipinski definition) is 4. The fourth-order valence-electron chi connectivity index (χ4n) is 3.10. The molecule has 5 nitrogen and oxygen atoms in total. The summed E-state index contributed by atoms with van der Waals surface area (Å²) >= 11 is 0. The quantitative estimate of drug-likeness (QED) is 0.104. The Morgan fingerprint density at radius 2 is 1.60 bits per heavy atom. The molecule has 0 aromatic heterocycles. The third-order valence-corrected chi connectivity index (χ3v) is 5.13. The summed E-state index contributed by atoms with van der Waals surface area (Å²) in [5, 5.41) is 2.80. The highest BCUT2D eigenvalue weighted by Crippen LogP contribution is 2.47. The van der Waals surface area contributed by atoms with Crippen LogP contribution in [0.4, 0.5) is 37.7 Å². The van der Waals surface area contributed by atoms with Gasteiger partial charge in [-0.05, 0) is 37.6 Å². The van der Waals surface area contributed by atoms with E-state index in [1.54, 1.807) is 13.1 Å². The number of quaternary nitrogens is 1. The summed E-state index contributed by atoms with van der Waals surface area (Å²) in [7, 11) is 2.66. The number of anilines is 1. The summed E-state index contributed by atoms with van der Waals surface area (Å²) in [6, 6.07) is 4.84. The Morgan fingerprint density at radius 3 is 2.00 bits per heavy atom. The van der Waals surface area contributed by atoms with Crippen molar-refractivity contribution in [3.63, 3.8) is 0 Å². The summed E-state index contributed by atoms with van der Waals surface area (Å²) in [4.78, 5) is 15.7. The van der Waals surface area contributed by atoms with Gasteiger partial charge in [-0.1, -0.05) is 57.2 Å². The summed E-state index contributed by atoms with van der Waals surface area (Å²) in [5.41, 5.74) is -0.767. The van der Waals surface area contributed by atoms with Crippen LogP contribution in [0, 0.1) is 0 Å². The molecule has 0 bridgehead atoms. The molecule has 1 unspecified atom stereocenters. The second-order valence-electron chi connectivity index (χ2n) is 7.95. The van der Waals surface area contributed by atoms with Gasteiger partial charge in [-0.2, -0.15) is 31.8 Å². The van der Waals surface area contributed by atoms with Crippen molar-refractivity contribution in [1.82, 2.24) is 0 Å². The predicted octanol–water partition coefficient (Wildman–Crippen LogP) is 8.34. The van der Waals surface area contributed by atoms with Gasteiger partial charge in [0.1, 0.15) is 23.2 Å². The van der Waals surface area contributed by atoms with E-state index in [9.17, 15) is 31.1 Å². The molecule has 2 rings (SSSR count). The monoisotopic (exact) mass is 575 g/mol. The number of rotatable bonds is 9. The van der Waals surface area contributed by atoms with Gasteiger partial charge in [0.25, 0.3) is 0 Å². The molecule has 11 heteroatoms. The molecular formula is C29H37F6N2O3+. The smallest absolute Gasteiger partial charge is 0.420 e. The Hall–Kier alpha value is -3.57. The van der Waals surface area contributed by atoms with E-state index in [1.165, 1.54) is 30.7 Å². The second-order valence-corrected chi connectivity index (χ2v) is 7.95. The molecule has 0 radical (unpaired) electrons. The van der Waals surface area contributed by atoms with Gasteiger partial charge < -0.3 is 14.8 Å². The van der Waals surface area contributed by atoms with Crippen molar-refractivity contribution in [2.24, 2.45) is 0 Å². The number of halogens is 6. The minimum Gasteiger partial charge on any atom is -0.456 e. The number of benzene rings is 2. The van der Waals surface area contributed by atoms with Crippen molar-refractivity contribution < 1.29 is 46.2 Å². The molecule has 1 atom stereocenters. The Morgan fingerprint density at radius 1 is 1.05 bits per heavy atom. The third-order valence-electron chi connectivity index (χ3n) is 5.13. The molecule has 2 aromatic carbocycles. The lowest BCUT2D eigenvalue weighted by Gasteiger charge is -2.20. The van der Waals surface area contributed by atoms with E-state index in [0.29, 0.717) is 29.7 Å². The van der Waals surface area contributed by atoms with Crippen molar-refractivity contribution in [2.45, 2.75) is 52.9 Å². The maximum atomic E-state index is 13.6. The topological polar surface area (TPSA) is 64.2 Å². The van der Waals surface area contributed by atoms with Crippen LogP contribution in [0.5, 0.6) is 11.5 Å². The lowest BCUT2D eigenvalue weighted by molar-refractivity contribution is -0.830. The Bertz CT molecular complexity index is 1120. The van der Waals surface area contributed by atoms with Crippen LogP contribution in [0.3, 0.4) is 0 Å². The SMILES string of the molecule is C=C/C=C\C(C)=C/C.CC.CNc1ccc(Oc2c(C(F)(F)F)cc([NH2+]OC)cc2C(F)(F)F)cc1C(C)C=O. The molecule has 222 valence electrons. The molecule has 0 aliphatic carbocycles. The maximum Gasteiger partial charge on any atom is 0.420 e.